The zero-order valence-corrected chi connectivity index (χ0v) is 9.60. The second-order valence-electron chi connectivity index (χ2n) is 4.15. The Hall–Kier alpha value is -1.10. The van der Waals surface area contributed by atoms with Crippen LogP contribution in [0.3, 0.4) is 0 Å². The molecule has 2 rings (SSSR count). The van der Waals surface area contributed by atoms with Crippen molar-refractivity contribution < 1.29 is 9.90 Å². The van der Waals surface area contributed by atoms with Crippen molar-refractivity contribution in [2.24, 2.45) is 5.92 Å². The van der Waals surface area contributed by atoms with Gasteiger partial charge in [0.1, 0.15) is 0 Å². The van der Waals surface area contributed by atoms with Gasteiger partial charge in [-0.05, 0) is 25.7 Å². The highest BCUT2D eigenvalue weighted by Gasteiger charge is 2.26. The quantitative estimate of drug-likeness (QED) is 0.830. The van der Waals surface area contributed by atoms with Crippen molar-refractivity contribution in [1.82, 2.24) is 4.98 Å². The number of hydrogen-bond acceptors (Lipinski definition) is 4. The van der Waals surface area contributed by atoms with Gasteiger partial charge in [0.25, 0.3) is 0 Å². The first kappa shape index (κ1) is 10.4. The van der Waals surface area contributed by atoms with Crippen LogP contribution < -0.4 is 5.32 Å². The standard InChI is InChI=1S/C10H14N2O2S/c1-5-3-7(4-5)11-10-12-8(9(13)14)6(2)15-10/h5,7H,3-4H2,1-2H3,(H,11,12)(H,13,14). The molecule has 5 heteroatoms. The number of nitrogens with zero attached hydrogens (tertiary/aromatic N) is 1. The molecule has 1 aromatic rings. The minimum absolute atomic E-state index is 0.176. The minimum Gasteiger partial charge on any atom is -0.476 e. The first-order valence-electron chi connectivity index (χ1n) is 5.03. The van der Waals surface area contributed by atoms with E-state index in [9.17, 15) is 4.79 Å². The number of thiazole rings is 1. The molecule has 1 aliphatic rings. The summed E-state index contributed by atoms with van der Waals surface area (Å²) >= 11 is 1.42. The van der Waals surface area contributed by atoms with Gasteiger partial charge in [-0.1, -0.05) is 6.92 Å². The van der Waals surface area contributed by atoms with Gasteiger partial charge in [-0.25, -0.2) is 9.78 Å². The van der Waals surface area contributed by atoms with Crippen molar-refractivity contribution in [3.05, 3.63) is 10.6 Å². The lowest BCUT2D eigenvalue weighted by atomic mass is 9.82. The van der Waals surface area contributed by atoms with Gasteiger partial charge in [-0.15, -0.1) is 11.3 Å². The van der Waals surface area contributed by atoms with E-state index in [1.54, 1.807) is 6.92 Å². The van der Waals surface area contributed by atoms with E-state index >= 15 is 0 Å². The summed E-state index contributed by atoms with van der Waals surface area (Å²) in [5.41, 5.74) is 0.176. The highest BCUT2D eigenvalue weighted by Crippen LogP contribution is 2.31. The lowest BCUT2D eigenvalue weighted by molar-refractivity contribution is 0.0690. The topological polar surface area (TPSA) is 62.2 Å². The molecule has 0 aliphatic heterocycles. The normalized spacial score (nSPS) is 24.7. The second-order valence-corrected chi connectivity index (χ2v) is 5.35. The third-order valence-electron chi connectivity index (χ3n) is 2.70. The number of aryl methyl sites for hydroxylation is 1. The molecule has 1 heterocycles. The van der Waals surface area contributed by atoms with Crippen molar-refractivity contribution in [2.45, 2.75) is 32.7 Å². The molecule has 0 atom stereocenters. The Bertz CT molecular complexity index is 383. The molecule has 0 bridgehead atoms. The monoisotopic (exact) mass is 226 g/mol. The van der Waals surface area contributed by atoms with Gasteiger partial charge in [0.15, 0.2) is 10.8 Å². The molecule has 0 unspecified atom stereocenters. The number of carboxylic acid groups (broad SMARTS) is 1. The molecule has 4 nitrogen and oxygen atoms in total. The number of hydrogen-bond donors (Lipinski definition) is 2. The third kappa shape index (κ3) is 2.12. The number of carbonyl (C=O) groups is 1. The number of aromatic carboxylic acids is 1. The summed E-state index contributed by atoms with van der Waals surface area (Å²) < 4.78 is 0. The van der Waals surface area contributed by atoms with E-state index in [4.69, 9.17) is 5.11 Å². The molecule has 15 heavy (non-hydrogen) atoms. The second kappa shape index (κ2) is 3.81. The van der Waals surface area contributed by atoms with Crippen molar-refractivity contribution in [3.8, 4) is 0 Å². The van der Waals surface area contributed by atoms with Crippen LogP contribution >= 0.6 is 11.3 Å². The molecule has 1 aliphatic carbocycles. The maximum absolute atomic E-state index is 10.8. The van der Waals surface area contributed by atoms with Gasteiger partial charge in [0.2, 0.25) is 0 Å². The van der Waals surface area contributed by atoms with Crippen molar-refractivity contribution in [2.75, 3.05) is 5.32 Å². The van der Waals surface area contributed by atoms with E-state index in [-0.39, 0.29) is 5.69 Å². The fraction of sp³-hybridized carbons (Fsp3) is 0.600. The summed E-state index contributed by atoms with van der Waals surface area (Å²) in [5, 5.41) is 12.8. The fourth-order valence-corrected chi connectivity index (χ4v) is 2.73. The van der Waals surface area contributed by atoms with Crippen molar-refractivity contribution in [1.29, 1.82) is 0 Å². The van der Waals surface area contributed by atoms with E-state index in [1.165, 1.54) is 11.3 Å². The molecule has 2 N–H and O–H groups in total. The number of aromatic nitrogens is 1. The van der Waals surface area contributed by atoms with Crippen LogP contribution in [-0.4, -0.2) is 22.1 Å². The van der Waals surface area contributed by atoms with Crippen LogP contribution in [0.15, 0.2) is 0 Å². The Balaban J connectivity index is 2.03. The Morgan fingerprint density at radius 2 is 2.27 bits per heavy atom. The van der Waals surface area contributed by atoms with E-state index in [0.29, 0.717) is 6.04 Å². The van der Waals surface area contributed by atoms with Gasteiger partial charge < -0.3 is 10.4 Å². The number of anilines is 1. The molecular weight excluding hydrogens is 212 g/mol. The maximum Gasteiger partial charge on any atom is 0.355 e. The van der Waals surface area contributed by atoms with Gasteiger partial charge in [0.05, 0.1) is 0 Å². The zero-order chi connectivity index (χ0) is 11.0. The van der Waals surface area contributed by atoms with Gasteiger partial charge in [-0.2, -0.15) is 0 Å². The zero-order valence-electron chi connectivity index (χ0n) is 8.78. The van der Waals surface area contributed by atoms with E-state index in [0.717, 1.165) is 28.8 Å². The fourth-order valence-electron chi connectivity index (χ4n) is 1.85. The molecule has 0 saturated heterocycles. The third-order valence-corrected chi connectivity index (χ3v) is 3.60. The molecule has 1 fully saturated rings. The summed E-state index contributed by atoms with van der Waals surface area (Å²) in [6.45, 7) is 4.00. The van der Waals surface area contributed by atoms with Crippen LogP contribution in [0.2, 0.25) is 0 Å². The Morgan fingerprint density at radius 1 is 1.60 bits per heavy atom. The minimum atomic E-state index is -0.946. The highest BCUT2D eigenvalue weighted by molar-refractivity contribution is 7.15. The molecular formula is C10H14N2O2S. The van der Waals surface area contributed by atoms with Crippen LogP contribution in [0.5, 0.6) is 0 Å². The average Bonchev–Trinajstić information content (AvgIpc) is 2.44. The molecule has 1 aromatic heterocycles. The van der Waals surface area contributed by atoms with Crippen molar-refractivity contribution in [3.63, 3.8) is 0 Å². The summed E-state index contributed by atoms with van der Waals surface area (Å²) in [6, 6.07) is 0.479. The largest absolute Gasteiger partial charge is 0.476 e. The Kier molecular flexibility index (Phi) is 2.65. The lowest BCUT2D eigenvalue weighted by Gasteiger charge is -2.33. The van der Waals surface area contributed by atoms with Crippen LogP contribution in [-0.2, 0) is 0 Å². The van der Waals surface area contributed by atoms with E-state index in [1.807, 2.05) is 0 Å². The van der Waals surface area contributed by atoms with E-state index < -0.39 is 5.97 Å². The summed E-state index contributed by atoms with van der Waals surface area (Å²) in [5.74, 6) is -0.165. The van der Waals surface area contributed by atoms with Crippen LogP contribution in [0.25, 0.3) is 0 Å². The van der Waals surface area contributed by atoms with Crippen LogP contribution in [0.1, 0.15) is 35.1 Å². The Morgan fingerprint density at radius 3 is 2.73 bits per heavy atom. The number of nitrogens with one attached hydrogen (secondary N) is 1. The SMILES string of the molecule is Cc1sc(NC2CC(C)C2)nc1C(=O)O. The average molecular weight is 226 g/mol. The summed E-state index contributed by atoms with van der Waals surface area (Å²) in [7, 11) is 0. The van der Waals surface area contributed by atoms with Crippen LogP contribution in [0.4, 0.5) is 5.13 Å². The predicted molar refractivity (Wildman–Crippen MR) is 59.6 cm³/mol. The molecule has 0 spiro atoms. The number of carboxylic acids is 1. The maximum atomic E-state index is 10.8. The van der Waals surface area contributed by atoms with Crippen molar-refractivity contribution >= 4 is 22.4 Å². The molecule has 1 saturated carbocycles. The van der Waals surface area contributed by atoms with Crippen LogP contribution in [0, 0.1) is 12.8 Å². The first-order valence-corrected chi connectivity index (χ1v) is 5.85. The Labute approximate surface area is 92.3 Å². The number of rotatable bonds is 3. The summed E-state index contributed by atoms with van der Waals surface area (Å²) in [6.07, 6.45) is 2.31. The molecule has 0 amide bonds. The highest BCUT2D eigenvalue weighted by atomic mass is 32.1. The van der Waals surface area contributed by atoms with E-state index in [2.05, 4.69) is 17.2 Å². The summed E-state index contributed by atoms with van der Waals surface area (Å²) in [4.78, 5) is 15.6. The molecule has 0 aromatic carbocycles. The molecule has 0 radical (unpaired) electrons. The van der Waals surface area contributed by atoms with Gasteiger partial charge >= 0.3 is 5.97 Å². The lowest BCUT2D eigenvalue weighted by Crippen LogP contribution is -2.33. The predicted octanol–water partition coefficient (Wildman–Crippen LogP) is 2.36. The first-order chi connectivity index (χ1) is 7.06. The van der Waals surface area contributed by atoms with Gasteiger partial charge in [0, 0.05) is 10.9 Å². The van der Waals surface area contributed by atoms with Gasteiger partial charge in [-0.3, -0.25) is 0 Å². The smallest absolute Gasteiger partial charge is 0.355 e. The molecule has 82 valence electrons.